The monoisotopic (exact) mass is 343 g/mol. The summed E-state index contributed by atoms with van der Waals surface area (Å²) in [5.41, 5.74) is 8.40. The molecule has 8 nitrogen and oxygen atoms in total. The van der Waals surface area contributed by atoms with Crippen LogP contribution >= 0.6 is 11.6 Å². The van der Waals surface area contributed by atoms with Gasteiger partial charge in [-0.1, -0.05) is 11.6 Å². The molecule has 0 aliphatic carbocycles. The van der Waals surface area contributed by atoms with Gasteiger partial charge in [-0.15, -0.1) is 0 Å². The Morgan fingerprint density at radius 3 is 2.75 bits per heavy atom. The van der Waals surface area contributed by atoms with E-state index < -0.39 is 0 Å². The Kier molecular flexibility index (Phi) is 3.83. The summed E-state index contributed by atoms with van der Waals surface area (Å²) in [7, 11) is 0. The molecule has 4 rings (SSSR count). The van der Waals surface area contributed by atoms with Gasteiger partial charge in [0.15, 0.2) is 17.0 Å². The summed E-state index contributed by atoms with van der Waals surface area (Å²) in [5, 5.41) is 0.399. The van der Waals surface area contributed by atoms with Gasteiger partial charge in [0.05, 0.1) is 25.1 Å². The third-order valence-corrected chi connectivity index (χ3v) is 3.95. The number of ether oxygens (including phenoxy) is 1. The van der Waals surface area contributed by atoms with Crippen LogP contribution in [0.1, 0.15) is 0 Å². The molecule has 0 atom stereocenters. The molecular weight excluding hydrogens is 330 g/mol. The molecule has 9 heteroatoms. The number of nitrogens with zero attached hydrogens (tertiary/aromatic N) is 6. The van der Waals surface area contributed by atoms with E-state index in [1.165, 1.54) is 0 Å². The van der Waals surface area contributed by atoms with Crippen LogP contribution in [0.4, 0.5) is 11.8 Å². The highest BCUT2D eigenvalue weighted by atomic mass is 35.5. The SMILES string of the molecule is Nc1nc(N2CCOCC2)c2nc(-c3ccnc(Cl)c3)cnc2n1. The highest BCUT2D eigenvalue weighted by Gasteiger charge is 2.19. The van der Waals surface area contributed by atoms with Crippen LogP contribution < -0.4 is 10.6 Å². The minimum absolute atomic E-state index is 0.179. The summed E-state index contributed by atoms with van der Waals surface area (Å²) >= 11 is 5.96. The van der Waals surface area contributed by atoms with Crippen LogP contribution in [0.2, 0.25) is 5.15 Å². The average Bonchev–Trinajstić information content (AvgIpc) is 2.61. The fourth-order valence-corrected chi connectivity index (χ4v) is 2.78. The van der Waals surface area contributed by atoms with E-state index in [9.17, 15) is 0 Å². The number of halogens is 1. The summed E-state index contributed by atoms with van der Waals surface area (Å²) in [5.74, 6) is 0.855. The maximum atomic E-state index is 5.96. The third kappa shape index (κ3) is 2.81. The number of aromatic nitrogens is 5. The van der Waals surface area contributed by atoms with Crippen LogP contribution in [-0.2, 0) is 4.74 Å². The van der Waals surface area contributed by atoms with Crippen molar-refractivity contribution < 1.29 is 4.74 Å². The first-order valence-corrected chi connectivity index (χ1v) is 7.83. The first-order valence-electron chi connectivity index (χ1n) is 7.45. The molecule has 0 amide bonds. The number of nitrogens with two attached hydrogens (primary N) is 1. The summed E-state index contributed by atoms with van der Waals surface area (Å²) in [6.45, 7) is 2.72. The fraction of sp³-hybridized carbons (Fsp3) is 0.267. The van der Waals surface area contributed by atoms with Gasteiger partial charge in [-0.25, -0.2) is 15.0 Å². The molecule has 3 aromatic heterocycles. The summed E-state index contributed by atoms with van der Waals surface area (Å²) in [6, 6.07) is 3.57. The van der Waals surface area contributed by atoms with Crippen LogP contribution in [0.15, 0.2) is 24.5 Å². The van der Waals surface area contributed by atoms with Gasteiger partial charge in [-0.05, 0) is 12.1 Å². The van der Waals surface area contributed by atoms with E-state index in [0.717, 1.165) is 18.7 Å². The Morgan fingerprint density at radius 2 is 1.96 bits per heavy atom. The van der Waals surface area contributed by atoms with E-state index in [4.69, 9.17) is 27.1 Å². The van der Waals surface area contributed by atoms with Crippen molar-refractivity contribution in [1.82, 2.24) is 24.9 Å². The van der Waals surface area contributed by atoms with Crippen molar-refractivity contribution in [3.05, 3.63) is 29.7 Å². The Balaban J connectivity index is 1.86. The molecule has 0 spiro atoms. The van der Waals surface area contributed by atoms with E-state index in [1.807, 2.05) is 6.07 Å². The smallest absolute Gasteiger partial charge is 0.224 e. The minimum Gasteiger partial charge on any atom is -0.378 e. The highest BCUT2D eigenvalue weighted by molar-refractivity contribution is 6.29. The third-order valence-electron chi connectivity index (χ3n) is 3.74. The lowest BCUT2D eigenvalue weighted by Gasteiger charge is -2.28. The first-order chi connectivity index (χ1) is 11.7. The largest absolute Gasteiger partial charge is 0.378 e. The topological polar surface area (TPSA) is 103 Å². The molecule has 24 heavy (non-hydrogen) atoms. The standard InChI is InChI=1S/C15H14ClN7O/c16-11-7-9(1-2-18-11)10-8-19-13-12(20-10)14(22-15(17)21-13)23-3-5-24-6-4-23/h1-2,7-8H,3-6H2,(H2,17,19,21,22). The number of hydrogen-bond donors (Lipinski definition) is 1. The molecule has 0 unspecified atom stereocenters. The zero-order valence-electron chi connectivity index (χ0n) is 12.7. The molecule has 122 valence electrons. The Bertz CT molecular complexity index is 898. The van der Waals surface area contributed by atoms with Crippen molar-refractivity contribution in [2.75, 3.05) is 36.9 Å². The van der Waals surface area contributed by atoms with Crippen molar-refractivity contribution in [3.63, 3.8) is 0 Å². The highest BCUT2D eigenvalue weighted by Crippen LogP contribution is 2.26. The Morgan fingerprint density at radius 1 is 1.12 bits per heavy atom. The van der Waals surface area contributed by atoms with E-state index in [0.29, 0.717) is 41.0 Å². The predicted molar refractivity (Wildman–Crippen MR) is 90.8 cm³/mol. The van der Waals surface area contributed by atoms with Gasteiger partial charge in [-0.2, -0.15) is 9.97 Å². The van der Waals surface area contributed by atoms with Gasteiger partial charge in [0.1, 0.15) is 5.15 Å². The van der Waals surface area contributed by atoms with Crippen LogP contribution in [0.5, 0.6) is 0 Å². The summed E-state index contributed by atoms with van der Waals surface area (Å²) < 4.78 is 5.40. The van der Waals surface area contributed by atoms with Crippen LogP contribution in [0.25, 0.3) is 22.4 Å². The van der Waals surface area contributed by atoms with Crippen LogP contribution in [0, 0.1) is 0 Å². The lowest BCUT2D eigenvalue weighted by Crippen LogP contribution is -2.37. The molecule has 0 aromatic carbocycles. The number of pyridine rings is 1. The normalized spacial score (nSPS) is 15.0. The van der Waals surface area contributed by atoms with Gasteiger partial charge >= 0.3 is 0 Å². The zero-order chi connectivity index (χ0) is 16.5. The van der Waals surface area contributed by atoms with Crippen LogP contribution in [-0.4, -0.2) is 51.2 Å². The molecule has 4 heterocycles. The van der Waals surface area contributed by atoms with Crippen LogP contribution in [0.3, 0.4) is 0 Å². The zero-order valence-corrected chi connectivity index (χ0v) is 13.4. The maximum Gasteiger partial charge on any atom is 0.224 e. The molecule has 2 N–H and O–H groups in total. The quantitative estimate of drug-likeness (QED) is 0.699. The molecule has 0 bridgehead atoms. The lowest BCUT2D eigenvalue weighted by atomic mass is 10.2. The van der Waals surface area contributed by atoms with Gasteiger partial charge in [-0.3, -0.25) is 0 Å². The number of morpholine rings is 1. The number of fused-ring (bicyclic) bond motifs is 1. The van der Waals surface area contributed by atoms with Crippen molar-refractivity contribution in [2.24, 2.45) is 0 Å². The second-order valence-electron chi connectivity index (χ2n) is 5.30. The molecule has 3 aromatic rings. The molecule has 1 aliphatic rings. The number of nitrogen functional groups attached to an aromatic ring is 1. The Hall–Kier alpha value is -2.58. The second kappa shape index (κ2) is 6.14. The number of anilines is 2. The van der Waals surface area contributed by atoms with Crippen molar-refractivity contribution in [3.8, 4) is 11.3 Å². The minimum atomic E-state index is 0.179. The fourth-order valence-electron chi connectivity index (χ4n) is 2.61. The lowest BCUT2D eigenvalue weighted by molar-refractivity contribution is 0.122. The van der Waals surface area contributed by atoms with Gasteiger partial charge in [0.25, 0.3) is 0 Å². The Labute approximate surface area is 142 Å². The molecule has 1 fully saturated rings. The molecule has 1 aliphatic heterocycles. The summed E-state index contributed by atoms with van der Waals surface area (Å²) in [4.78, 5) is 23.7. The van der Waals surface area contributed by atoms with E-state index in [1.54, 1.807) is 18.5 Å². The predicted octanol–water partition coefficient (Wildman–Crippen LogP) is 1.55. The van der Waals surface area contributed by atoms with E-state index in [2.05, 4.69) is 24.8 Å². The second-order valence-corrected chi connectivity index (χ2v) is 5.69. The van der Waals surface area contributed by atoms with E-state index in [-0.39, 0.29) is 5.95 Å². The van der Waals surface area contributed by atoms with Gasteiger partial charge < -0.3 is 15.4 Å². The average molecular weight is 344 g/mol. The summed E-state index contributed by atoms with van der Waals surface area (Å²) in [6.07, 6.45) is 3.27. The molecule has 0 saturated carbocycles. The number of hydrogen-bond acceptors (Lipinski definition) is 8. The molecule has 0 radical (unpaired) electrons. The van der Waals surface area contributed by atoms with Crippen molar-refractivity contribution in [1.29, 1.82) is 0 Å². The molecule has 1 saturated heterocycles. The van der Waals surface area contributed by atoms with Gasteiger partial charge in [0.2, 0.25) is 5.95 Å². The van der Waals surface area contributed by atoms with Gasteiger partial charge in [0, 0.05) is 24.8 Å². The maximum absolute atomic E-state index is 5.96. The first kappa shape index (κ1) is 15.0. The van der Waals surface area contributed by atoms with Crippen molar-refractivity contribution in [2.45, 2.75) is 0 Å². The van der Waals surface area contributed by atoms with Crippen molar-refractivity contribution >= 4 is 34.5 Å². The molecular formula is C15H14ClN7O. The van der Waals surface area contributed by atoms with E-state index >= 15 is 0 Å². The number of rotatable bonds is 2.